The van der Waals surface area contributed by atoms with Gasteiger partial charge < -0.3 is 9.73 Å². The lowest BCUT2D eigenvalue weighted by Crippen LogP contribution is -2.37. The molecule has 1 rings (SSSR count). The number of aryl methyl sites for hydroxylation is 1. The predicted octanol–water partition coefficient (Wildman–Crippen LogP) is 1.77. The van der Waals surface area contributed by atoms with E-state index >= 15 is 0 Å². The zero-order valence-corrected chi connectivity index (χ0v) is 10.0. The summed E-state index contributed by atoms with van der Waals surface area (Å²) < 4.78 is 4.64. The molecule has 0 saturated heterocycles. The highest BCUT2D eigenvalue weighted by Crippen LogP contribution is 2.15. The normalized spacial score (nSPS) is 11.4. The minimum Gasteiger partial charge on any atom is -0.444 e. The van der Waals surface area contributed by atoms with Crippen molar-refractivity contribution in [2.75, 3.05) is 0 Å². The molecule has 14 heavy (non-hydrogen) atoms. The molecule has 0 unspecified atom stereocenters. The fourth-order valence-electron chi connectivity index (χ4n) is 0.849. The monoisotopic (exact) mass is 260 g/mol. The second-order valence-electron chi connectivity index (χ2n) is 3.52. The molecule has 0 fully saturated rings. The Bertz CT molecular complexity index is 328. The standard InChI is InChI=1S/C9H13BrN2O2/c1-6-4-11-7(14-6)5-12-8(13)9(2,3)10/h4H,5H2,1-3H3,(H,12,13). The van der Waals surface area contributed by atoms with Gasteiger partial charge in [0.25, 0.3) is 0 Å². The molecule has 1 heterocycles. The highest BCUT2D eigenvalue weighted by molar-refractivity contribution is 9.10. The van der Waals surface area contributed by atoms with Crippen LogP contribution in [-0.2, 0) is 11.3 Å². The van der Waals surface area contributed by atoms with Gasteiger partial charge in [-0.25, -0.2) is 4.98 Å². The Morgan fingerprint density at radius 2 is 2.36 bits per heavy atom. The molecule has 0 aliphatic carbocycles. The Hall–Kier alpha value is -0.840. The Morgan fingerprint density at radius 3 is 2.79 bits per heavy atom. The smallest absolute Gasteiger partial charge is 0.236 e. The van der Waals surface area contributed by atoms with Crippen LogP contribution in [-0.4, -0.2) is 15.2 Å². The van der Waals surface area contributed by atoms with E-state index in [0.29, 0.717) is 12.4 Å². The van der Waals surface area contributed by atoms with Crippen molar-refractivity contribution in [3.05, 3.63) is 17.8 Å². The second kappa shape index (κ2) is 4.13. The Kier molecular flexibility index (Phi) is 3.31. The van der Waals surface area contributed by atoms with Gasteiger partial charge >= 0.3 is 0 Å². The zero-order valence-electron chi connectivity index (χ0n) is 8.43. The minimum atomic E-state index is -0.561. The summed E-state index contributed by atoms with van der Waals surface area (Å²) in [6.07, 6.45) is 1.63. The Labute approximate surface area is 91.2 Å². The maximum Gasteiger partial charge on any atom is 0.236 e. The molecule has 0 aliphatic heterocycles. The van der Waals surface area contributed by atoms with Crippen molar-refractivity contribution in [2.24, 2.45) is 0 Å². The van der Waals surface area contributed by atoms with Crippen molar-refractivity contribution >= 4 is 21.8 Å². The van der Waals surface area contributed by atoms with Crippen LogP contribution in [0.2, 0.25) is 0 Å². The number of oxazole rings is 1. The van der Waals surface area contributed by atoms with E-state index in [1.165, 1.54) is 0 Å². The molecule has 1 N–H and O–H groups in total. The number of rotatable bonds is 3. The van der Waals surface area contributed by atoms with E-state index in [-0.39, 0.29) is 5.91 Å². The molecule has 78 valence electrons. The van der Waals surface area contributed by atoms with Gasteiger partial charge in [-0.2, -0.15) is 0 Å². The van der Waals surface area contributed by atoms with Gasteiger partial charge in [0.1, 0.15) is 5.76 Å². The largest absolute Gasteiger partial charge is 0.444 e. The molecule has 0 bridgehead atoms. The third-order valence-electron chi connectivity index (χ3n) is 1.61. The SMILES string of the molecule is Cc1cnc(CNC(=O)C(C)(C)Br)o1. The number of carbonyl (C=O) groups excluding carboxylic acids is 1. The molecular formula is C9H13BrN2O2. The van der Waals surface area contributed by atoms with E-state index in [4.69, 9.17) is 4.42 Å². The molecule has 1 aromatic rings. The fraction of sp³-hybridized carbons (Fsp3) is 0.556. The van der Waals surface area contributed by atoms with E-state index in [2.05, 4.69) is 26.2 Å². The molecule has 1 aromatic heterocycles. The third kappa shape index (κ3) is 3.14. The number of hydrogen-bond donors (Lipinski definition) is 1. The number of aromatic nitrogens is 1. The molecule has 0 spiro atoms. The summed E-state index contributed by atoms with van der Waals surface area (Å²) in [7, 11) is 0. The minimum absolute atomic E-state index is 0.0895. The number of alkyl halides is 1. The van der Waals surface area contributed by atoms with Crippen LogP contribution in [0.1, 0.15) is 25.5 Å². The van der Waals surface area contributed by atoms with Gasteiger partial charge in [0.05, 0.1) is 17.1 Å². The van der Waals surface area contributed by atoms with Crippen LogP contribution in [0.25, 0.3) is 0 Å². The first-order chi connectivity index (χ1) is 6.39. The van der Waals surface area contributed by atoms with Gasteiger partial charge in [-0.05, 0) is 20.8 Å². The van der Waals surface area contributed by atoms with Gasteiger partial charge in [0.2, 0.25) is 11.8 Å². The Morgan fingerprint density at radius 1 is 1.71 bits per heavy atom. The van der Waals surface area contributed by atoms with Crippen molar-refractivity contribution < 1.29 is 9.21 Å². The number of nitrogens with zero attached hydrogens (tertiary/aromatic N) is 1. The van der Waals surface area contributed by atoms with E-state index in [0.717, 1.165) is 5.76 Å². The predicted molar refractivity (Wildman–Crippen MR) is 56.1 cm³/mol. The van der Waals surface area contributed by atoms with Gasteiger partial charge in [-0.15, -0.1) is 0 Å². The lowest BCUT2D eigenvalue weighted by molar-refractivity contribution is -0.122. The van der Waals surface area contributed by atoms with Crippen molar-refractivity contribution in [2.45, 2.75) is 31.6 Å². The summed E-state index contributed by atoms with van der Waals surface area (Å²) in [4.78, 5) is 15.4. The fourth-order valence-corrected chi connectivity index (χ4v) is 0.989. The summed E-state index contributed by atoms with van der Waals surface area (Å²) >= 11 is 3.26. The van der Waals surface area contributed by atoms with Crippen LogP contribution < -0.4 is 5.32 Å². The van der Waals surface area contributed by atoms with Gasteiger partial charge in [0, 0.05) is 0 Å². The van der Waals surface area contributed by atoms with Crippen molar-refractivity contribution in [3.8, 4) is 0 Å². The van der Waals surface area contributed by atoms with Gasteiger partial charge in [-0.1, -0.05) is 15.9 Å². The van der Waals surface area contributed by atoms with Crippen LogP contribution in [0, 0.1) is 6.92 Å². The van der Waals surface area contributed by atoms with E-state index in [1.807, 2.05) is 6.92 Å². The summed E-state index contributed by atoms with van der Waals surface area (Å²) in [5.41, 5.74) is 0. The van der Waals surface area contributed by atoms with Crippen molar-refractivity contribution in [3.63, 3.8) is 0 Å². The van der Waals surface area contributed by atoms with Crippen LogP contribution >= 0.6 is 15.9 Å². The summed E-state index contributed by atoms with van der Waals surface area (Å²) in [5.74, 6) is 1.17. The van der Waals surface area contributed by atoms with Crippen LogP contribution in [0.15, 0.2) is 10.6 Å². The lowest BCUT2D eigenvalue weighted by atomic mass is 10.2. The van der Waals surface area contributed by atoms with Crippen LogP contribution in [0.5, 0.6) is 0 Å². The first-order valence-corrected chi connectivity index (χ1v) is 5.07. The lowest BCUT2D eigenvalue weighted by Gasteiger charge is -2.14. The summed E-state index contributed by atoms with van der Waals surface area (Å²) in [5, 5.41) is 2.71. The van der Waals surface area contributed by atoms with Crippen molar-refractivity contribution in [1.29, 1.82) is 0 Å². The zero-order chi connectivity index (χ0) is 10.8. The number of nitrogens with one attached hydrogen (secondary N) is 1. The summed E-state index contributed by atoms with van der Waals surface area (Å²) in [6.45, 7) is 5.70. The first-order valence-electron chi connectivity index (χ1n) is 4.28. The molecule has 5 heteroatoms. The first kappa shape index (κ1) is 11.2. The Balaban J connectivity index is 2.46. The average Bonchev–Trinajstić information content (AvgIpc) is 2.45. The van der Waals surface area contributed by atoms with Crippen LogP contribution in [0.3, 0.4) is 0 Å². The molecule has 1 amide bonds. The summed E-state index contributed by atoms with van der Waals surface area (Å²) in [6, 6.07) is 0. The number of amides is 1. The molecular weight excluding hydrogens is 248 g/mol. The highest BCUT2D eigenvalue weighted by Gasteiger charge is 2.23. The molecule has 4 nitrogen and oxygen atoms in total. The van der Waals surface area contributed by atoms with Crippen LogP contribution in [0.4, 0.5) is 0 Å². The van der Waals surface area contributed by atoms with Crippen molar-refractivity contribution in [1.82, 2.24) is 10.3 Å². The number of hydrogen-bond acceptors (Lipinski definition) is 3. The number of carbonyl (C=O) groups is 1. The second-order valence-corrected chi connectivity index (χ2v) is 5.50. The van der Waals surface area contributed by atoms with Gasteiger partial charge in [-0.3, -0.25) is 4.79 Å². The molecule has 0 aliphatic rings. The quantitative estimate of drug-likeness (QED) is 0.843. The molecule has 0 radical (unpaired) electrons. The maximum atomic E-state index is 11.4. The highest BCUT2D eigenvalue weighted by atomic mass is 79.9. The average molecular weight is 261 g/mol. The molecule has 0 saturated carbocycles. The topological polar surface area (TPSA) is 55.1 Å². The van der Waals surface area contributed by atoms with E-state index < -0.39 is 4.32 Å². The number of halogens is 1. The molecule has 0 aromatic carbocycles. The maximum absolute atomic E-state index is 11.4. The molecule has 0 atom stereocenters. The van der Waals surface area contributed by atoms with E-state index in [1.54, 1.807) is 20.0 Å². The van der Waals surface area contributed by atoms with E-state index in [9.17, 15) is 4.79 Å². The van der Waals surface area contributed by atoms with Gasteiger partial charge in [0.15, 0.2) is 0 Å². The third-order valence-corrected chi connectivity index (χ3v) is 1.97.